The minimum atomic E-state index is -4.53. The molecule has 0 spiro atoms. The van der Waals surface area contributed by atoms with Gasteiger partial charge in [-0.15, -0.1) is 5.10 Å². The van der Waals surface area contributed by atoms with Crippen molar-refractivity contribution in [2.45, 2.75) is 19.4 Å². The van der Waals surface area contributed by atoms with Crippen LogP contribution < -0.4 is 0 Å². The highest BCUT2D eigenvalue weighted by atomic mass is 19.4. The van der Waals surface area contributed by atoms with Crippen LogP contribution in [0.3, 0.4) is 0 Å². The van der Waals surface area contributed by atoms with Crippen LogP contribution in [-0.2, 0) is 18.0 Å². The molecule has 0 atom stereocenters. The number of hydrogen-bond acceptors (Lipinski definition) is 7. The van der Waals surface area contributed by atoms with Gasteiger partial charge in [-0.25, -0.2) is 9.48 Å². The lowest BCUT2D eigenvalue weighted by Gasteiger charge is -2.23. The largest absolute Gasteiger partial charge is 0.464 e. The van der Waals surface area contributed by atoms with Crippen LogP contribution in [0.25, 0.3) is 0 Å². The number of methoxy groups -OCH3 is 1. The molecule has 0 N–H and O–H groups in total. The van der Waals surface area contributed by atoms with Gasteiger partial charge >= 0.3 is 12.1 Å². The maximum Gasteiger partial charge on any atom is 0.401 e. The highest BCUT2D eigenvalue weighted by molar-refractivity contribution is 5.86. The molecule has 0 unspecified atom stereocenters. The lowest BCUT2D eigenvalue weighted by Crippen LogP contribution is -2.35. The summed E-state index contributed by atoms with van der Waals surface area (Å²) in [5.74, 6) is -0.780. The third kappa shape index (κ3) is 5.24. The number of carbonyl (C=O) groups excluding carboxylic acids is 1. The van der Waals surface area contributed by atoms with Gasteiger partial charge in [0.2, 0.25) is 0 Å². The smallest absolute Gasteiger partial charge is 0.401 e. The van der Waals surface area contributed by atoms with Crippen LogP contribution in [0.1, 0.15) is 16.1 Å². The molecule has 0 saturated carbocycles. The van der Waals surface area contributed by atoms with E-state index in [-0.39, 0.29) is 30.2 Å². The molecule has 1 aromatic carbocycles. The number of aromatic nitrogens is 3. The third-order valence-electron chi connectivity index (χ3n) is 3.26. The first kappa shape index (κ1) is 19.3. The molecule has 12 heteroatoms. The van der Waals surface area contributed by atoms with E-state index in [9.17, 15) is 28.1 Å². The molecule has 9 nitrogen and oxygen atoms in total. The predicted octanol–water partition coefficient (Wildman–Crippen LogP) is 1.99. The van der Waals surface area contributed by atoms with E-state index in [1.54, 1.807) is 0 Å². The van der Waals surface area contributed by atoms with E-state index in [1.807, 2.05) is 0 Å². The van der Waals surface area contributed by atoms with E-state index in [0.717, 1.165) is 22.9 Å². The molecule has 0 fully saturated rings. The first-order valence-corrected chi connectivity index (χ1v) is 7.19. The summed E-state index contributed by atoms with van der Waals surface area (Å²) in [7, 11) is 1.13. The average molecular weight is 373 g/mol. The maximum absolute atomic E-state index is 12.9. The zero-order valence-corrected chi connectivity index (χ0v) is 13.5. The molecular weight excluding hydrogens is 359 g/mol. The summed E-state index contributed by atoms with van der Waals surface area (Å²) in [4.78, 5) is 22.6. The lowest BCUT2D eigenvalue weighted by atomic mass is 10.1. The zero-order valence-electron chi connectivity index (χ0n) is 13.5. The van der Waals surface area contributed by atoms with E-state index in [1.165, 1.54) is 24.3 Å². The van der Waals surface area contributed by atoms with Crippen molar-refractivity contribution < 1.29 is 27.6 Å². The van der Waals surface area contributed by atoms with Gasteiger partial charge in [0.25, 0.3) is 5.69 Å². The summed E-state index contributed by atoms with van der Waals surface area (Å²) in [5, 5.41) is 18.1. The Morgan fingerprint density at radius 1 is 1.38 bits per heavy atom. The number of nitrogens with zero attached hydrogens (tertiary/aromatic N) is 5. The monoisotopic (exact) mass is 373 g/mol. The van der Waals surface area contributed by atoms with Gasteiger partial charge in [0.1, 0.15) is 0 Å². The maximum atomic E-state index is 12.9. The number of carbonyl (C=O) groups is 1. The number of rotatable bonds is 7. The normalized spacial score (nSPS) is 11.6. The molecule has 1 aromatic heterocycles. The van der Waals surface area contributed by atoms with Crippen molar-refractivity contribution in [2.75, 3.05) is 13.7 Å². The van der Waals surface area contributed by atoms with Crippen LogP contribution in [0.2, 0.25) is 0 Å². The van der Waals surface area contributed by atoms with Gasteiger partial charge in [0.15, 0.2) is 5.69 Å². The highest BCUT2D eigenvalue weighted by Gasteiger charge is 2.32. The molecule has 26 heavy (non-hydrogen) atoms. The minimum Gasteiger partial charge on any atom is -0.464 e. The van der Waals surface area contributed by atoms with Crippen molar-refractivity contribution in [3.8, 4) is 0 Å². The Bertz CT molecular complexity index is 793. The van der Waals surface area contributed by atoms with Crippen molar-refractivity contribution in [1.29, 1.82) is 0 Å². The van der Waals surface area contributed by atoms with Gasteiger partial charge in [0, 0.05) is 18.2 Å². The predicted molar refractivity (Wildman–Crippen MR) is 80.9 cm³/mol. The molecule has 140 valence electrons. The Morgan fingerprint density at radius 2 is 2.08 bits per heavy atom. The highest BCUT2D eigenvalue weighted by Crippen LogP contribution is 2.23. The van der Waals surface area contributed by atoms with Gasteiger partial charge < -0.3 is 4.74 Å². The Morgan fingerprint density at radius 3 is 2.69 bits per heavy atom. The molecule has 0 aliphatic carbocycles. The molecule has 0 aliphatic rings. The van der Waals surface area contributed by atoms with Crippen LogP contribution in [-0.4, -0.2) is 50.6 Å². The summed E-state index contributed by atoms with van der Waals surface area (Å²) in [6, 6.07) is 5.52. The zero-order chi connectivity index (χ0) is 19.3. The second-order valence-electron chi connectivity index (χ2n) is 5.26. The van der Waals surface area contributed by atoms with Gasteiger partial charge in [0.05, 0.1) is 31.4 Å². The second-order valence-corrected chi connectivity index (χ2v) is 5.26. The van der Waals surface area contributed by atoms with Crippen LogP contribution in [0.5, 0.6) is 0 Å². The van der Waals surface area contributed by atoms with Gasteiger partial charge in [-0.2, -0.15) is 13.2 Å². The van der Waals surface area contributed by atoms with Crippen LogP contribution in [0, 0.1) is 10.1 Å². The number of nitro benzene ring substituents is 1. The van der Waals surface area contributed by atoms with Crippen molar-refractivity contribution in [3.63, 3.8) is 0 Å². The summed E-state index contributed by atoms with van der Waals surface area (Å²) < 4.78 is 44.1. The fourth-order valence-corrected chi connectivity index (χ4v) is 2.24. The molecule has 0 aliphatic heterocycles. The van der Waals surface area contributed by atoms with Crippen LogP contribution in [0.15, 0.2) is 30.5 Å². The van der Waals surface area contributed by atoms with Crippen molar-refractivity contribution in [3.05, 3.63) is 51.8 Å². The van der Waals surface area contributed by atoms with Crippen LogP contribution in [0.4, 0.5) is 18.9 Å². The van der Waals surface area contributed by atoms with Crippen molar-refractivity contribution in [1.82, 2.24) is 19.9 Å². The topological polar surface area (TPSA) is 103 Å². The second kappa shape index (κ2) is 7.91. The first-order valence-electron chi connectivity index (χ1n) is 7.19. The fourth-order valence-electron chi connectivity index (χ4n) is 2.24. The lowest BCUT2D eigenvalue weighted by molar-refractivity contribution is -0.385. The fraction of sp³-hybridized carbons (Fsp3) is 0.357. The summed E-state index contributed by atoms with van der Waals surface area (Å²) in [5.41, 5.74) is -0.325. The minimum absolute atomic E-state index is 0.120. The van der Waals surface area contributed by atoms with Crippen molar-refractivity contribution in [2.24, 2.45) is 0 Å². The van der Waals surface area contributed by atoms with Gasteiger partial charge in [-0.3, -0.25) is 15.0 Å². The number of benzene rings is 1. The molecule has 0 radical (unpaired) electrons. The average Bonchev–Trinajstić information content (AvgIpc) is 3.01. The number of esters is 1. The third-order valence-corrected chi connectivity index (χ3v) is 3.26. The molecule has 1 heterocycles. The molecule has 2 rings (SSSR count). The summed E-state index contributed by atoms with van der Waals surface area (Å²) in [6.07, 6.45) is -3.40. The summed E-state index contributed by atoms with van der Waals surface area (Å²) >= 11 is 0. The SMILES string of the molecule is COC(=O)c1cn(CN(Cc2ccccc2[N+](=O)[O-])CC(F)(F)F)nn1. The van der Waals surface area contributed by atoms with E-state index >= 15 is 0 Å². The summed E-state index contributed by atoms with van der Waals surface area (Å²) in [6.45, 7) is -2.05. The Labute approximate surface area is 145 Å². The van der Waals surface area contributed by atoms with Crippen LogP contribution >= 0.6 is 0 Å². The number of para-hydroxylation sites is 1. The Kier molecular flexibility index (Phi) is 5.87. The van der Waals surface area contributed by atoms with E-state index < -0.39 is 23.6 Å². The molecular formula is C14H14F3N5O4. The van der Waals surface area contributed by atoms with E-state index in [4.69, 9.17) is 0 Å². The number of halogens is 3. The molecule has 0 amide bonds. The number of hydrogen-bond donors (Lipinski definition) is 0. The van der Waals surface area contributed by atoms with Gasteiger partial charge in [-0.05, 0) is 0 Å². The van der Waals surface area contributed by atoms with Crippen molar-refractivity contribution >= 4 is 11.7 Å². The standard InChI is InChI=1S/C14H14F3N5O4/c1-26-13(23)11-7-21(19-18-11)9-20(8-14(15,16)17)6-10-4-2-3-5-12(10)22(24)25/h2-5,7H,6,8-9H2,1H3. The number of nitro groups is 1. The number of alkyl halides is 3. The first-order chi connectivity index (χ1) is 12.2. The van der Waals surface area contributed by atoms with Gasteiger partial charge in [-0.1, -0.05) is 23.4 Å². The quantitative estimate of drug-likeness (QED) is 0.415. The number of ether oxygens (including phenoxy) is 1. The molecule has 2 aromatic rings. The molecule has 0 bridgehead atoms. The Balaban J connectivity index is 2.23. The Hall–Kier alpha value is -3.02. The van der Waals surface area contributed by atoms with E-state index in [0.29, 0.717) is 0 Å². The molecule has 0 saturated heterocycles. The van der Waals surface area contributed by atoms with E-state index in [2.05, 4.69) is 15.0 Å².